The van der Waals surface area contributed by atoms with E-state index < -0.39 is 0 Å². The number of morpholine rings is 1. The summed E-state index contributed by atoms with van der Waals surface area (Å²) >= 11 is 5.95. The number of nitrogens with zero attached hydrogens (tertiary/aromatic N) is 1. The van der Waals surface area contributed by atoms with Crippen LogP contribution in [0.2, 0.25) is 5.02 Å². The molecule has 1 fully saturated rings. The first-order chi connectivity index (χ1) is 9.83. The van der Waals surface area contributed by atoms with Crippen LogP contribution in [0.15, 0.2) is 41.6 Å². The predicted octanol–water partition coefficient (Wildman–Crippen LogP) is 4.12. The molecular formula is C17H20ClNO. The topological polar surface area (TPSA) is 12.5 Å². The van der Waals surface area contributed by atoms with Crippen molar-refractivity contribution in [3.63, 3.8) is 0 Å². The Balaban J connectivity index is 1.84. The Bertz CT molecular complexity index is 512. The fraction of sp³-hybridized carbons (Fsp3) is 0.412. The van der Waals surface area contributed by atoms with Gasteiger partial charge in [-0.1, -0.05) is 29.8 Å². The fourth-order valence-corrected chi connectivity index (χ4v) is 2.96. The molecule has 2 aliphatic rings. The molecule has 0 spiro atoms. The highest BCUT2D eigenvalue weighted by Crippen LogP contribution is 2.29. The van der Waals surface area contributed by atoms with Crippen LogP contribution in [0, 0.1) is 0 Å². The molecule has 3 heteroatoms. The number of ether oxygens (including phenoxy) is 1. The Kier molecular flexibility index (Phi) is 4.44. The van der Waals surface area contributed by atoms with Gasteiger partial charge in [-0.2, -0.15) is 0 Å². The summed E-state index contributed by atoms with van der Waals surface area (Å²) in [6.45, 7) is 3.69. The molecule has 0 N–H and O–H groups in total. The van der Waals surface area contributed by atoms with Crippen LogP contribution in [0.25, 0.3) is 6.08 Å². The smallest absolute Gasteiger partial charge is 0.0642 e. The lowest BCUT2D eigenvalue weighted by Gasteiger charge is -2.34. The van der Waals surface area contributed by atoms with E-state index in [-0.39, 0.29) is 0 Å². The summed E-state index contributed by atoms with van der Waals surface area (Å²) in [5.41, 5.74) is 4.08. The molecule has 1 aromatic carbocycles. The summed E-state index contributed by atoms with van der Waals surface area (Å²) in [6, 6.07) is 8.07. The summed E-state index contributed by atoms with van der Waals surface area (Å²) in [5.74, 6) is 0. The molecular weight excluding hydrogens is 270 g/mol. The van der Waals surface area contributed by atoms with E-state index in [1.807, 2.05) is 12.1 Å². The number of hydrogen-bond acceptors (Lipinski definition) is 2. The predicted molar refractivity (Wildman–Crippen MR) is 83.8 cm³/mol. The van der Waals surface area contributed by atoms with Crippen LogP contribution in [0.1, 0.15) is 24.8 Å². The highest BCUT2D eigenvalue weighted by molar-refractivity contribution is 6.30. The largest absolute Gasteiger partial charge is 0.378 e. The van der Waals surface area contributed by atoms with Gasteiger partial charge in [0, 0.05) is 23.8 Å². The van der Waals surface area contributed by atoms with Gasteiger partial charge in [-0.05, 0) is 48.6 Å². The Labute approximate surface area is 125 Å². The van der Waals surface area contributed by atoms with Crippen molar-refractivity contribution in [1.82, 2.24) is 4.90 Å². The van der Waals surface area contributed by atoms with Gasteiger partial charge in [-0.25, -0.2) is 0 Å². The standard InChI is InChI=1S/C17H20ClNO/c18-16-7-5-14(6-8-16)13-15-3-1-2-4-17(15)19-9-11-20-12-10-19/h4-8,13H,1-3,9-12H2/b15-13-. The maximum atomic E-state index is 5.95. The highest BCUT2D eigenvalue weighted by Gasteiger charge is 2.19. The molecule has 1 aliphatic heterocycles. The van der Waals surface area contributed by atoms with Crippen LogP contribution >= 0.6 is 11.6 Å². The molecule has 0 atom stereocenters. The number of halogens is 1. The molecule has 0 saturated carbocycles. The average Bonchev–Trinajstić information content (AvgIpc) is 2.51. The van der Waals surface area contributed by atoms with Gasteiger partial charge in [0.25, 0.3) is 0 Å². The minimum absolute atomic E-state index is 0.791. The zero-order valence-corrected chi connectivity index (χ0v) is 12.4. The Morgan fingerprint density at radius 1 is 1.10 bits per heavy atom. The van der Waals surface area contributed by atoms with E-state index >= 15 is 0 Å². The van der Waals surface area contributed by atoms with Crippen molar-refractivity contribution in [3.05, 3.63) is 52.2 Å². The van der Waals surface area contributed by atoms with Gasteiger partial charge in [0.05, 0.1) is 13.2 Å². The molecule has 3 rings (SSSR count). The van der Waals surface area contributed by atoms with Crippen molar-refractivity contribution in [2.24, 2.45) is 0 Å². The third-order valence-electron chi connectivity index (χ3n) is 3.88. The van der Waals surface area contributed by atoms with Crippen LogP contribution in [0.3, 0.4) is 0 Å². The Morgan fingerprint density at radius 2 is 1.85 bits per heavy atom. The molecule has 0 amide bonds. The van der Waals surface area contributed by atoms with Gasteiger partial charge in [-0.3, -0.25) is 0 Å². The average molecular weight is 290 g/mol. The summed E-state index contributed by atoms with van der Waals surface area (Å²) in [7, 11) is 0. The van der Waals surface area contributed by atoms with E-state index in [0.29, 0.717) is 0 Å². The molecule has 2 nitrogen and oxygen atoms in total. The van der Waals surface area contributed by atoms with Crippen molar-refractivity contribution in [1.29, 1.82) is 0 Å². The summed E-state index contributed by atoms with van der Waals surface area (Å²) in [5, 5.41) is 0.791. The zero-order valence-electron chi connectivity index (χ0n) is 11.6. The third-order valence-corrected chi connectivity index (χ3v) is 4.13. The molecule has 1 saturated heterocycles. The molecule has 0 unspecified atom stereocenters. The summed E-state index contributed by atoms with van der Waals surface area (Å²) in [6.07, 6.45) is 8.27. The molecule has 1 heterocycles. The second-order valence-electron chi connectivity index (χ2n) is 5.30. The van der Waals surface area contributed by atoms with Crippen LogP contribution < -0.4 is 0 Å². The summed E-state index contributed by atoms with van der Waals surface area (Å²) in [4.78, 5) is 2.46. The van der Waals surface area contributed by atoms with E-state index in [0.717, 1.165) is 37.7 Å². The second kappa shape index (κ2) is 6.47. The first-order valence-electron chi connectivity index (χ1n) is 7.32. The molecule has 0 bridgehead atoms. The van der Waals surface area contributed by atoms with E-state index in [9.17, 15) is 0 Å². The number of hydrogen-bond donors (Lipinski definition) is 0. The SMILES string of the molecule is Clc1ccc(/C=C2/CCCC=C2N2CCOCC2)cc1. The molecule has 0 radical (unpaired) electrons. The van der Waals surface area contributed by atoms with E-state index in [2.05, 4.69) is 29.2 Å². The second-order valence-corrected chi connectivity index (χ2v) is 5.74. The molecule has 106 valence electrons. The van der Waals surface area contributed by atoms with Crippen LogP contribution in [-0.2, 0) is 4.74 Å². The highest BCUT2D eigenvalue weighted by atomic mass is 35.5. The maximum absolute atomic E-state index is 5.95. The van der Waals surface area contributed by atoms with Gasteiger partial charge in [0.15, 0.2) is 0 Å². The first-order valence-corrected chi connectivity index (χ1v) is 7.70. The number of allylic oxidation sites excluding steroid dienone is 2. The van der Waals surface area contributed by atoms with Gasteiger partial charge in [0.1, 0.15) is 0 Å². The van der Waals surface area contributed by atoms with E-state index in [4.69, 9.17) is 16.3 Å². The van der Waals surface area contributed by atoms with E-state index in [1.54, 1.807) is 0 Å². The van der Waals surface area contributed by atoms with Crippen LogP contribution in [0.4, 0.5) is 0 Å². The van der Waals surface area contributed by atoms with E-state index in [1.165, 1.54) is 29.7 Å². The molecule has 1 aromatic rings. The van der Waals surface area contributed by atoms with Gasteiger partial charge >= 0.3 is 0 Å². The van der Waals surface area contributed by atoms with Crippen LogP contribution in [-0.4, -0.2) is 31.2 Å². The lowest BCUT2D eigenvalue weighted by molar-refractivity contribution is 0.0542. The van der Waals surface area contributed by atoms with Crippen molar-refractivity contribution >= 4 is 17.7 Å². The Morgan fingerprint density at radius 3 is 2.60 bits per heavy atom. The van der Waals surface area contributed by atoms with Gasteiger partial charge in [-0.15, -0.1) is 0 Å². The summed E-state index contributed by atoms with van der Waals surface area (Å²) < 4.78 is 5.45. The zero-order chi connectivity index (χ0) is 13.8. The lowest BCUT2D eigenvalue weighted by Crippen LogP contribution is -2.36. The van der Waals surface area contributed by atoms with Crippen molar-refractivity contribution in [2.75, 3.05) is 26.3 Å². The van der Waals surface area contributed by atoms with Gasteiger partial charge in [0.2, 0.25) is 0 Å². The quantitative estimate of drug-likeness (QED) is 0.812. The normalized spacial score (nSPS) is 21.9. The minimum Gasteiger partial charge on any atom is -0.378 e. The monoisotopic (exact) mass is 289 g/mol. The first kappa shape index (κ1) is 13.7. The third kappa shape index (κ3) is 3.25. The lowest BCUT2D eigenvalue weighted by atomic mass is 9.95. The number of rotatable bonds is 2. The van der Waals surface area contributed by atoms with Crippen molar-refractivity contribution < 1.29 is 4.74 Å². The molecule has 1 aliphatic carbocycles. The van der Waals surface area contributed by atoms with Crippen molar-refractivity contribution in [3.8, 4) is 0 Å². The van der Waals surface area contributed by atoms with Crippen LogP contribution in [0.5, 0.6) is 0 Å². The molecule has 0 aromatic heterocycles. The maximum Gasteiger partial charge on any atom is 0.0642 e. The fourth-order valence-electron chi connectivity index (χ4n) is 2.83. The van der Waals surface area contributed by atoms with Gasteiger partial charge < -0.3 is 9.64 Å². The molecule has 20 heavy (non-hydrogen) atoms. The van der Waals surface area contributed by atoms with Crippen molar-refractivity contribution in [2.45, 2.75) is 19.3 Å². The minimum atomic E-state index is 0.791. The number of benzene rings is 1. The Hall–Kier alpha value is -1.25.